The van der Waals surface area contributed by atoms with Crippen molar-refractivity contribution < 1.29 is 14.3 Å². The number of carbonyl (C=O) groups excluding carboxylic acids is 1. The monoisotopic (exact) mass is 289 g/mol. The van der Waals surface area contributed by atoms with Gasteiger partial charge in [-0.1, -0.05) is 18.2 Å². The van der Waals surface area contributed by atoms with Crippen LogP contribution in [0.15, 0.2) is 48.7 Å². The lowest BCUT2D eigenvalue weighted by molar-refractivity contribution is 0.139. The standard InChI is InChI=1S/C15H16FN3O2/c1-10(14(20)11-5-7-12(16)8-6-11)18-15(21)19-13-4-2-3-9-17-13/h2-10,14,20H,1H3,(H2,17,18,19,21). The lowest BCUT2D eigenvalue weighted by Crippen LogP contribution is -2.39. The molecule has 1 aromatic carbocycles. The van der Waals surface area contributed by atoms with Gasteiger partial charge in [0.2, 0.25) is 0 Å². The highest BCUT2D eigenvalue weighted by Crippen LogP contribution is 2.17. The van der Waals surface area contributed by atoms with E-state index < -0.39 is 18.2 Å². The summed E-state index contributed by atoms with van der Waals surface area (Å²) in [5.41, 5.74) is 0.530. The van der Waals surface area contributed by atoms with Gasteiger partial charge in [0.1, 0.15) is 11.6 Å². The van der Waals surface area contributed by atoms with Gasteiger partial charge in [-0.25, -0.2) is 14.2 Å². The molecule has 1 aromatic heterocycles. The first-order valence-electron chi connectivity index (χ1n) is 6.48. The van der Waals surface area contributed by atoms with E-state index in [1.54, 1.807) is 31.3 Å². The van der Waals surface area contributed by atoms with Gasteiger partial charge in [0.15, 0.2) is 0 Å². The van der Waals surface area contributed by atoms with Crippen molar-refractivity contribution in [3.05, 3.63) is 60.0 Å². The van der Waals surface area contributed by atoms with Crippen LogP contribution in [0.2, 0.25) is 0 Å². The number of pyridine rings is 1. The number of nitrogens with zero attached hydrogens (tertiary/aromatic N) is 1. The summed E-state index contributed by atoms with van der Waals surface area (Å²) < 4.78 is 12.8. The van der Waals surface area contributed by atoms with Crippen molar-refractivity contribution in [1.29, 1.82) is 0 Å². The number of urea groups is 1. The number of hydrogen-bond donors (Lipinski definition) is 3. The highest BCUT2D eigenvalue weighted by molar-refractivity contribution is 5.88. The molecule has 0 saturated carbocycles. The molecule has 0 spiro atoms. The zero-order valence-electron chi connectivity index (χ0n) is 11.5. The summed E-state index contributed by atoms with van der Waals surface area (Å²) in [5, 5.41) is 15.3. The number of nitrogens with one attached hydrogen (secondary N) is 2. The highest BCUT2D eigenvalue weighted by atomic mass is 19.1. The molecule has 110 valence electrons. The topological polar surface area (TPSA) is 74.2 Å². The predicted molar refractivity (Wildman–Crippen MR) is 77.2 cm³/mol. The quantitative estimate of drug-likeness (QED) is 0.809. The second kappa shape index (κ2) is 6.81. The molecule has 0 radical (unpaired) electrons. The number of aromatic nitrogens is 1. The lowest BCUT2D eigenvalue weighted by Gasteiger charge is -2.20. The summed E-state index contributed by atoms with van der Waals surface area (Å²) >= 11 is 0. The fraction of sp³-hybridized carbons (Fsp3) is 0.200. The third-order valence-electron chi connectivity index (χ3n) is 2.95. The van der Waals surface area contributed by atoms with Crippen molar-refractivity contribution in [3.63, 3.8) is 0 Å². The van der Waals surface area contributed by atoms with Crippen LogP contribution in [0.1, 0.15) is 18.6 Å². The summed E-state index contributed by atoms with van der Waals surface area (Å²) in [5.74, 6) is 0.0397. The van der Waals surface area contributed by atoms with Crippen LogP contribution in [0.4, 0.5) is 15.0 Å². The Labute approximate surface area is 121 Å². The van der Waals surface area contributed by atoms with Crippen LogP contribution in [-0.4, -0.2) is 22.2 Å². The SMILES string of the molecule is CC(NC(=O)Nc1ccccn1)C(O)c1ccc(F)cc1. The number of anilines is 1. The van der Waals surface area contributed by atoms with E-state index >= 15 is 0 Å². The van der Waals surface area contributed by atoms with Gasteiger partial charge < -0.3 is 10.4 Å². The molecule has 0 aliphatic carbocycles. The summed E-state index contributed by atoms with van der Waals surface area (Å²) in [7, 11) is 0. The summed E-state index contributed by atoms with van der Waals surface area (Å²) in [6.45, 7) is 1.66. The number of benzene rings is 1. The summed E-state index contributed by atoms with van der Waals surface area (Å²) in [6.07, 6.45) is 0.631. The van der Waals surface area contributed by atoms with Crippen LogP contribution in [0, 0.1) is 5.82 Å². The third kappa shape index (κ3) is 4.25. The van der Waals surface area contributed by atoms with Crippen molar-refractivity contribution in [1.82, 2.24) is 10.3 Å². The molecular weight excluding hydrogens is 273 g/mol. The van der Waals surface area contributed by atoms with Crippen LogP contribution < -0.4 is 10.6 Å². The molecule has 0 saturated heterocycles. The van der Waals surface area contributed by atoms with E-state index in [-0.39, 0.29) is 5.82 Å². The van der Waals surface area contributed by atoms with Gasteiger partial charge in [-0.15, -0.1) is 0 Å². The lowest BCUT2D eigenvalue weighted by atomic mass is 10.0. The molecule has 2 amide bonds. The smallest absolute Gasteiger partial charge is 0.320 e. The van der Waals surface area contributed by atoms with E-state index in [1.807, 2.05) is 0 Å². The molecule has 5 nitrogen and oxygen atoms in total. The number of amides is 2. The number of aliphatic hydroxyl groups excluding tert-OH is 1. The second-order valence-electron chi connectivity index (χ2n) is 4.60. The fourth-order valence-corrected chi connectivity index (χ4v) is 1.82. The van der Waals surface area contributed by atoms with E-state index in [0.717, 1.165) is 0 Å². The van der Waals surface area contributed by atoms with Crippen molar-refractivity contribution in [3.8, 4) is 0 Å². The van der Waals surface area contributed by atoms with Crippen molar-refractivity contribution in [2.45, 2.75) is 19.1 Å². The van der Waals surface area contributed by atoms with E-state index in [1.165, 1.54) is 24.3 Å². The first-order valence-corrected chi connectivity index (χ1v) is 6.48. The van der Waals surface area contributed by atoms with Crippen LogP contribution in [0.25, 0.3) is 0 Å². The van der Waals surface area contributed by atoms with E-state index in [4.69, 9.17) is 0 Å². The molecule has 0 bridgehead atoms. The van der Waals surface area contributed by atoms with Crippen LogP contribution >= 0.6 is 0 Å². The maximum Gasteiger partial charge on any atom is 0.320 e. The summed E-state index contributed by atoms with van der Waals surface area (Å²) in [4.78, 5) is 15.7. The highest BCUT2D eigenvalue weighted by Gasteiger charge is 2.18. The maximum atomic E-state index is 12.8. The predicted octanol–water partition coefficient (Wildman–Crippen LogP) is 2.46. The Morgan fingerprint density at radius 1 is 1.24 bits per heavy atom. The number of rotatable bonds is 4. The zero-order valence-corrected chi connectivity index (χ0v) is 11.5. The van der Waals surface area contributed by atoms with Crippen molar-refractivity contribution >= 4 is 11.8 Å². The number of aliphatic hydroxyl groups is 1. The Morgan fingerprint density at radius 3 is 2.57 bits per heavy atom. The van der Waals surface area contributed by atoms with E-state index in [0.29, 0.717) is 11.4 Å². The molecule has 6 heteroatoms. The van der Waals surface area contributed by atoms with E-state index in [9.17, 15) is 14.3 Å². The summed E-state index contributed by atoms with van der Waals surface area (Å²) in [6, 6.07) is 9.62. The Morgan fingerprint density at radius 2 is 1.95 bits per heavy atom. The molecule has 3 N–H and O–H groups in total. The molecule has 0 aliphatic rings. The van der Waals surface area contributed by atoms with Gasteiger partial charge in [-0.3, -0.25) is 5.32 Å². The molecule has 0 aliphatic heterocycles. The minimum Gasteiger partial charge on any atom is -0.386 e. The Balaban J connectivity index is 1.92. The van der Waals surface area contributed by atoms with Crippen molar-refractivity contribution in [2.75, 3.05) is 5.32 Å². The largest absolute Gasteiger partial charge is 0.386 e. The van der Waals surface area contributed by atoms with Crippen LogP contribution in [-0.2, 0) is 0 Å². The Bertz CT molecular complexity index is 590. The van der Waals surface area contributed by atoms with Gasteiger partial charge in [-0.2, -0.15) is 0 Å². The van der Waals surface area contributed by atoms with Crippen LogP contribution in [0.3, 0.4) is 0 Å². The van der Waals surface area contributed by atoms with Gasteiger partial charge in [0.05, 0.1) is 12.1 Å². The molecule has 0 fully saturated rings. The minimum atomic E-state index is -0.930. The average molecular weight is 289 g/mol. The van der Waals surface area contributed by atoms with Gasteiger partial charge in [0.25, 0.3) is 0 Å². The first-order chi connectivity index (χ1) is 10.1. The van der Waals surface area contributed by atoms with Crippen molar-refractivity contribution in [2.24, 2.45) is 0 Å². The molecule has 2 unspecified atom stereocenters. The fourth-order valence-electron chi connectivity index (χ4n) is 1.82. The molecule has 2 atom stereocenters. The number of carbonyl (C=O) groups is 1. The maximum absolute atomic E-state index is 12.8. The Kier molecular flexibility index (Phi) is 4.84. The Hall–Kier alpha value is -2.47. The molecule has 2 aromatic rings. The average Bonchev–Trinajstić information content (AvgIpc) is 2.48. The molecule has 2 rings (SSSR count). The van der Waals surface area contributed by atoms with E-state index in [2.05, 4.69) is 15.6 Å². The molecule has 1 heterocycles. The minimum absolute atomic E-state index is 0.376. The number of hydrogen-bond acceptors (Lipinski definition) is 3. The molecule has 21 heavy (non-hydrogen) atoms. The normalized spacial score (nSPS) is 13.3. The number of halogens is 1. The van der Waals surface area contributed by atoms with Gasteiger partial charge in [0, 0.05) is 6.20 Å². The third-order valence-corrected chi connectivity index (χ3v) is 2.95. The van der Waals surface area contributed by atoms with Gasteiger partial charge in [-0.05, 0) is 36.8 Å². The van der Waals surface area contributed by atoms with Crippen LogP contribution in [0.5, 0.6) is 0 Å². The van der Waals surface area contributed by atoms with Gasteiger partial charge >= 0.3 is 6.03 Å². The molecular formula is C15H16FN3O2. The first kappa shape index (κ1) is 14.9. The zero-order chi connectivity index (χ0) is 15.2. The second-order valence-corrected chi connectivity index (χ2v) is 4.60.